The molecule has 2 N–H and O–H groups in total. The molecule has 0 spiro atoms. The molecule has 1 aromatic heterocycles. The number of nitrogens with zero attached hydrogens (tertiary/aromatic N) is 1. The maximum absolute atomic E-state index is 12.1. The maximum atomic E-state index is 12.1. The van der Waals surface area contributed by atoms with E-state index in [0.29, 0.717) is 19.4 Å². The fraction of sp³-hybridized carbons (Fsp3) is 0.533. The molecule has 2 amide bonds. The second-order valence-electron chi connectivity index (χ2n) is 5.77. The van der Waals surface area contributed by atoms with E-state index in [1.54, 1.807) is 24.0 Å². The van der Waals surface area contributed by atoms with E-state index in [0.717, 1.165) is 0 Å². The Morgan fingerprint density at radius 2 is 2.23 bits per heavy atom. The van der Waals surface area contributed by atoms with Gasteiger partial charge >= 0.3 is 5.97 Å². The molecule has 7 nitrogen and oxygen atoms in total. The number of likely N-dealkylation sites (tertiary alicyclic amines) is 1. The van der Waals surface area contributed by atoms with Crippen molar-refractivity contribution in [1.29, 1.82) is 0 Å². The smallest absolute Gasteiger partial charge is 0.311 e. The zero-order valence-electron chi connectivity index (χ0n) is 12.5. The normalized spacial score (nSPS) is 21.4. The fourth-order valence-electron chi connectivity index (χ4n) is 2.56. The molecule has 120 valence electrons. The lowest BCUT2D eigenvalue weighted by atomic mass is 9.82. The third-order valence-corrected chi connectivity index (χ3v) is 3.93. The molecule has 0 aliphatic carbocycles. The van der Waals surface area contributed by atoms with E-state index in [4.69, 9.17) is 4.42 Å². The SMILES string of the molecule is CC1(C(=O)O)CCCN(C(=O)CCNC(=O)c2ccco2)C1. The molecule has 1 aliphatic heterocycles. The molecule has 1 aromatic rings. The quantitative estimate of drug-likeness (QED) is 0.849. The minimum atomic E-state index is -0.884. The molecule has 1 unspecified atom stereocenters. The zero-order chi connectivity index (χ0) is 16.2. The van der Waals surface area contributed by atoms with Gasteiger partial charge in [-0.25, -0.2) is 0 Å². The van der Waals surface area contributed by atoms with E-state index < -0.39 is 11.4 Å². The number of hydrogen-bond acceptors (Lipinski definition) is 4. The van der Waals surface area contributed by atoms with Gasteiger partial charge in [0.15, 0.2) is 5.76 Å². The molecule has 1 fully saturated rings. The molecule has 2 heterocycles. The van der Waals surface area contributed by atoms with Crippen LogP contribution in [0.1, 0.15) is 36.7 Å². The first kappa shape index (κ1) is 16.1. The number of nitrogens with one attached hydrogen (secondary N) is 1. The summed E-state index contributed by atoms with van der Waals surface area (Å²) in [5, 5.41) is 11.8. The van der Waals surface area contributed by atoms with Crippen LogP contribution in [0.4, 0.5) is 0 Å². The number of carboxylic acid groups (broad SMARTS) is 1. The van der Waals surface area contributed by atoms with Crippen LogP contribution in [-0.4, -0.2) is 47.4 Å². The minimum Gasteiger partial charge on any atom is -0.481 e. The fourth-order valence-corrected chi connectivity index (χ4v) is 2.56. The monoisotopic (exact) mass is 308 g/mol. The van der Waals surface area contributed by atoms with Crippen LogP contribution in [0.5, 0.6) is 0 Å². The highest BCUT2D eigenvalue weighted by atomic mass is 16.4. The van der Waals surface area contributed by atoms with E-state index in [9.17, 15) is 19.5 Å². The van der Waals surface area contributed by atoms with Gasteiger partial charge in [0.2, 0.25) is 5.91 Å². The summed E-state index contributed by atoms with van der Waals surface area (Å²) in [6, 6.07) is 3.15. The van der Waals surface area contributed by atoms with Crippen molar-refractivity contribution in [2.75, 3.05) is 19.6 Å². The van der Waals surface area contributed by atoms with Crippen molar-refractivity contribution < 1.29 is 23.9 Å². The number of rotatable bonds is 5. The number of amides is 2. The number of hydrogen-bond donors (Lipinski definition) is 2. The number of piperidine rings is 1. The first-order valence-corrected chi connectivity index (χ1v) is 7.25. The van der Waals surface area contributed by atoms with Gasteiger partial charge in [-0.3, -0.25) is 14.4 Å². The van der Waals surface area contributed by atoms with E-state index >= 15 is 0 Å². The van der Waals surface area contributed by atoms with Crippen LogP contribution in [0.2, 0.25) is 0 Å². The van der Waals surface area contributed by atoms with Crippen molar-refractivity contribution in [2.45, 2.75) is 26.2 Å². The van der Waals surface area contributed by atoms with Gasteiger partial charge < -0.3 is 19.7 Å². The van der Waals surface area contributed by atoms with Gasteiger partial charge in [0.05, 0.1) is 11.7 Å². The molecule has 0 bridgehead atoms. The first-order chi connectivity index (χ1) is 10.4. The average Bonchev–Trinajstić information content (AvgIpc) is 3.01. The number of aliphatic carboxylic acids is 1. The van der Waals surface area contributed by atoms with Crippen LogP contribution in [0, 0.1) is 5.41 Å². The summed E-state index contributed by atoms with van der Waals surface area (Å²) in [5.74, 6) is -1.20. The van der Waals surface area contributed by atoms with Gasteiger partial charge in [-0.2, -0.15) is 0 Å². The van der Waals surface area contributed by atoms with Crippen molar-refractivity contribution >= 4 is 17.8 Å². The first-order valence-electron chi connectivity index (χ1n) is 7.25. The number of carboxylic acids is 1. The maximum Gasteiger partial charge on any atom is 0.311 e. The predicted molar refractivity (Wildman–Crippen MR) is 77.2 cm³/mol. The van der Waals surface area contributed by atoms with Gasteiger partial charge in [0.25, 0.3) is 5.91 Å². The standard InChI is InChI=1S/C15H20N2O5/c1-15(14(20)21)6-3-8-17(10-15)12(18)5-7-16-13(19)11-4-2-9-22-11/h2,4,9H,3,5-8,10H2,1H3,(H,16,19)(H,20,21). The van der Waals surface area contributed by atoms with E-state index in [2.05, 4.69) is 5.32 Å². The molecule has 2 rings (SSSR count). The Morgan fingerprint density at radius 3 is 2.86 bits per heavy atom. The summed E-state index contributed by atoms with van der Waals surface area (Å²) >= 11 is 0. The number of furan rings is 1. The van der Waals surface area contributed by atoms with Crippen molar-refractivity contribution in [3.05, 3.63) is 24.2 Å². The second kappa shape index (κ2) is 6.64. The summed E-state index contributed by atoms with van der Waals surface area (Å²) in [7, 11) is 0. The Labute approximate surface area is 128 Å². The Bertz CT molecular complexity index is 554. The molecular weight excluding hydrogens is 288 g/mol. The van der Waals surface area contributed by atoms with Gasteiger partial charge in [-0.05, 0) is 31.9 Å². The van der Waals surface area contributed by atoms with Gasteiger partial charge in [-0.15, -0.1) is 0 Å². The predicted octanol–water partition coefficient (Wildman–Crippen LogP) is 1.11. The molecule has 0 aromatic carbocycles. The van der Waals surface area contributed by atoms with Crippen molar-refractivity contribution in [3.63, 3.8) is 0 Å². The summed E-state index contributed by atoms with van der Waals surface area (Å²) in [5.41, 5.74) is -0.884. The van der Waals surface area contributed by atoms with Crippen LogP contribution in [0.3, 0.4) is 0 Å². The molecule has 22 heavy (non-hydrogen) atoms. The Morgan fingerprint density at radius 1 is 1.45 bits per heavy atom. The number of carbonyl (C=O) groups excluding carboxylic acids is 2. The number of carbonyl (C=O) groups is 3. The molecular formula is C15H20N2O5. The van der Waals surface area contributed by atoms with Gasteiger partial charge in [0.1, 0.15) is 0 Å². The summed E-state index contributed by atoms with van der Waals surface area (Å²) in [6.45, 7) is 2.63. The topological polar surface area (TPSA) is 99.9 Å². The Balaban J connectivity index is 1.80. The summed E-state index contributed by atoms with van der Waals surface area (Å²) in [6.07, 6.45) is 2.79. The third-order valence-electron chi connectivity index (χ3n) is 3.93. The average molecular weight is 308 g/mol. The molecule has 1 saturated heterocycles. The molecule has 0 saturated carbocycles. The van der Waals surface area contributed by atoms with Crippen molar-refractivity contribution in [3.8, 4) is 0 Å². The highest BCUT2D eigenvalue weighted by molar-refractivity contribution is 5.91. The molecule has 7 heteroatoms. The lowest BCUT2D eigenvalue weighted by molar-refractivity contribution is -0.153. The molecule has 1 aliphatic rings. The van der Waals surface area contributed by atoms with E-state index in [-0.39, 0.29) is 37.1 Å². The Kier molecular flexibility index (Phi) is 4.85. The largest absolute Gasteiger partial charge is 0.481 e. The summed E-state index contributed by atoms with van der Waals surface area (Å²) < 4.78 is 4.95. The van der Waals surface area contributed by atoms with Crippen LogP contribution in [0.15, 0.2) is 22.8 Å². The molecule has 1 atom stereocenters. The lowest BCUT2D eigenvalue weighted by Crippen LogP contribution is -2.48. The highest BCUT2D eigenvalue weighted by Gasteiger charge is 2.39. The van der Waals surface area contributed by atoms with Crippen LogP contribution in [0.25, 0.3) is 0 Å². The minimum absolute atomic E-state index is 0.141. The van der Waals surface area contributed by atoms with Gasteiger partial charge in [-0.1, -0.05) is 0 Å². The van der Waals surface area contributed by atoms with Crippen LogP contribution < -0.4 is 5.32 Å². The van der Waals surface area contributed by atoms with Crippen LogP contribution in [-0.2, 0) is 9.59 Å². The van der Waals surface area contributed by atoms with Gasteiger partial charge in [0, 0.05) is 26.1 Å². The third kappa shape index (κ3) is 3.66. The molecule has 0 radical (unpaired) electrons. The zero-order valence-corrected chi connectivity index (χ0v) is 12.5. The van der Waals surface area contributed by atoms with Crippen molar-refractivity contribution in [1.82, 2.24) is 10.2 Å². The second-order valence-corrected chi connectivity index (χ2v) is 5.77. The lowest BCUT2D eigenvalue weighted by Gasteiger charge is -2.37. The summed E-state index contributed by atoms with van der Waals surface area (Å²) in [4.78, 5) is 36.6. The van der Waals surface area contributed by atoms with Crippen molar-refractivity contribution in [2.24, 2.45) is 5.41 Å². The van der Waals surface area contributed by atoms with Crippen LogP contribution >= 0.6 is 0 Å². The Hall–Kier alpha value is -2.31. The van der Waals surface area contributed by atoms with E-state index in [1.165, 1.54) is 6.26 Å². The highest BCUT2D eigenvalue weighted by Crippen LogP contribution is 2.29. The van der Waals surface area contributed by atoms with E-state index in [1.807, 2.05) is 0 Å².